The molecule has 4 rings (SSSR count). The molecule has 0 aliphatic carbocycles. The van der Waals surface area contributed by atoms with E-state index in [2.05, 4.69) is 20.4 Å². The van der Waals surface area contributed by atoms with E-state index in [1.165, 1.54) is 33.4 Å². The number of esters is 2. The van der Waals surface area contributed by atoms with Gasteiger partial charge >= 0.3 is 11.9 Å². The first-order chi connectivity index (χ1) is 18.9. The Hall–Kier alpha value is -3.76. The number of hydrogen-bond acceptors (Lipinski definition) is 14. The fourth-order valence-corrected chi connectivity index (χ4v) is 6.21. The van der Waals surface area contributed by atoms with Crippen molar-refractivity contribution >= 4 is 75.1 Å². The third kappa shape index (κ3) is 6.03. The molecule has 0 radical (unpaired) electrons. The number of thioether (sulfide) groups is 1. The van der Waals surface area contributed by atoms with E-state index in [1.54, 1.807) is 38.4 Å². The zero-order valence-corrected chi connectivity index (χ0v) is 24.3. The Kier molecular flexibility index (Phi) is 8.60. The van der Waals surface area contributed by atoms with Crippen molar-refractivity contribution in [3.8, 4) is 0 Å². The largest absolute Gasteiger partial charge is 0.427 e. The summed E-state index contributed by atoms with van der Waals surface area (Å²) in [7, 11) is 0. The minimum atomic E-state index is -1.01. The van der Waals surface area contributed by atoms with Crippen molar-refractivity contribution in [2.75, 3.05) is 18.3 Å². The predicted molar refractivity (Wildman–Crippen MR) is 149 cm³/mol. The molecule has 0 spiro atoms. The highest BCUT2D eigenvalue weighted by Gasteiger charge is 2.54. The van der Waals surface area contributed by atoms with E-state index in [9.17, 15) is 24.4 Å². The molecule has 4 N–H and O–H groups in total. The Labute approximate surface area is 241 Å². The molecular weight excluding hydrogens is 581 g/mol. The smallest absolute Gasteiger partial charge is 0.358 e. The van der Waals surface area contributed by atoms with Crippen LogP contribution in [-0.2, 0) is 28.7 Å². The molecule has 2 aliphatic heterocycles. The van der Waals surface area contributed by atoms with Crippen molar-refractivity contribution in [3.63, 3.8) is 0 Å². The van der Waals surface area contributed by atoms with Crippen molar-refractivity contribution in [1.29, 1.82) is 0 Å². The number of β-lactam (4-membered cyclic amide) rings is 1. The zero-order valence-electron chi connectivity index (χ0n) is 21.9. The number of carbonyl (C=O) groups is 4. The quantitative estimate of drug-likeness (QED) is 0.0998. The molecule has 0 saturated carbocycles. The van der Waals surface area contributed by atoms with E-state index in [0.29, 0.717) is 11.3 Å². The van der Waals surface area contributed by atoms with Crippen LogP contribution >= 0.6 is 34.4 Å². The molecule has 212 valence electrons. The highest BCUT2D eigenvalue weighted by atomic mass is 32.2. The second-order valence-electron chi connectivity index (χ2n) is 9.62. The summed E-state index contributed by atoms with van der Waals surface area (Å²) in [5.74, 6) is -2.51. The fraction of sp³-hybridized carbons (Fsp3) is 0.375. The summed E-state index contributed by atoms with van der Waals surface area (Å²) in [6.07, 6.45) is 3.51. The van der Waals surface area contributed by atoms with Crippen molar-refractivity contribution in [3.05, 3.63) is 44.5 Å². The highest BCUT2D eigenvalue weighted by Crippen LogP contribution is 2.41. The maximum absolute atomic E-state index is 13.2. The lowest BCUT2D eigenvalue weighted by Crippen LogP contribution is -2.71. The van der Waals surface area contributed by atoms with Gasteiger partial charge in [0, 0.05) is 16.0 Å². The van der Waals surface area contributed by atoms with Gasteiger partial charge < -0.3 is 25.7 Å². The van der Waals surface area contributed by atoms with Crippen LogP contribution in [0.4, 0.5) is 5.13 Å². The first-order valence-electron chi connectivity index (χ1n) is 11.8. The number of hydrogen-bond donors (Lipinski definition) is 3. The Morgan fingerprint density at radius 3 is 2.62 bits per heavy atom. The molecule has 0 aromatic carbocycles. The van der Waals surface area contributed by atoms with Gasteiger partial charge in [-0.25, -0.2) is 14.8 Å². The molecule has 13 nitrogen and oxygen atoms in total. The normalized spacial score (nSPS) is 19.4. The molecule has 1 saturated heterocycles. The topological polar surface area (TPSA) is 186 Å². The van der Waals surface area contributed by atoms with Crippen LogP contribution in [0, 0.1) is 12.3 Å². The SMILES string of the molecule is Cc1ncsc1C=CC1=C(C(=O)OCOC(=O)C(C)(C)C)N2C(=O)C(NC(=O)C(=NO)c3csc(N)n3)[C@H]2SC1. The number of anilines is 1. The van der Waals surface area contributed by atoms with Gasteiger partial charge in [0.1, 0.15) is 22.8 Å². The van der Waals surface area contributed by atoms with Gasteiger partial charge in [-0.05, 0) is 39.3 Å². The van der Waals surface area contributed by atoms with Crippen LogP contribution in [0.2, 0.25) is 0 Å². The van der Waals surface area contributed by atoms with Gasteiger partial charge in [0.15, 0.2) is 10.8 Å². The molecule has 2 aliphatic rings. The van der Waals surface area contributed by atoms with Gasteiger partial charge in [-0.1, -0.05) is 11.2 Å². The molecule has 0 bridgehead atoms. The maximum atomic E-state index is 13.2. The summed E-state index contributed by atoms with van der Waals surface area (Å²) in [4.78, 5) is 61.6. The van der Waals surface area contributed by atoms with E-state index in [1.807, 2.05) is 6.92 Å². The standard InChI is InChI=1S/C24H26N6O7S3/c1-11-14(40-9-26-11)6-5-12-7-38-20-16(28-18(31)15(29-35)13-8-39-23(25)27-13)19(32)30(20)17(12)21(33)36-10-37-22(34)24(2,3)4/h5-6,8-9,16,20,35H,7,10H2,1-4H3,(H2,25,27)(H,28,31)/t16?,20-/m1/s1. The number of aryl methyl sites for hydroxylation is 1. The first-order valence-corrected chi connectivity index (χ1v) is 14.6. The Morgan fingerprint density at radius 1 is 1.27 bits per heavy atom. The average molecular weight is 607 g/mol. The highest BCUT2D eigenvalue weighted by molar-refractivity contribution is 8.00. The zero-order chi connectivity index (χ0) is 29.2. The number of nitrogens with one attached hydrogen (secondary N) is 1. The maximum Gasteiger partial charge on any atom is 0.358 e. The number of nitrogens with two attached hydrogens (primary N) is 1. The van der Waals surface area contributed by atoms with Gasteiger partial charge in [0.25, 0.3) is 11.8 Å². The molecule has 2 amide bonds. The second kappa shape index (κ2) is 11.8. The van der Waals surface area contributed by atoms with Gasteiger partial charge in [-0.2, -0.15) is 0 Å². The van der Waals surface area contributed by atoms with Crippen molar-refractivity contribution < 1.29 is 33.9 Å². The molecule has 2 atom stereocenters. The Morgan fingerprint density at radius 2 is 2.02 bits per heavy atom. The number of rotatable bonds is 8. The molecule has 1 fully saturated rings. The number of carbonyl (C=O) groups excluding carboxylic acids is 4. The van der Waals surface area contributed by atoms with Gasteiger partial charge in [0.2, 0.25) is 6.79 Å². The number of allylic oxidation sites excluding steroid dienone is 1. The number of thiazole rings is 2. The number of nitrogens with zero attached hydrogens (tertiary/aromatic N) is 4. The van der Waals surface area contributed by atoms with Gasteiger partial charge in [0.05, 0.1) is 16.6 Å². The monoisotopic (exact) mass is 606 g/mol. The van der Waals surface area contributed by atoms with E-state index < -0.39 is 53.1 Å². The first kappa shape index (κ1) is 29.2. The van der Waals surface area contributed by atoms with Crippen LogP contribution < -0.4 is 11.1 Å². The van der Waals surface area contributed by atoms with E-state index in [-0.39, 0.29) is 16.5 Å². The number of fused-ring (bicyclic) bond motifs is 1. The lowest BCUT2D eigenvalue weighted by molar-refractivity contribution is -0.173. The van der Waals surface area contributed by atoms with E-state index in [4.69, 9.17) is 15.2 Å². The number of amides is 2. The van der Waals surface area contributed by atoms with Crippen LogP contribution in [0.15, 0.2) is 33.4 Å². The molecule has 2 aromatic rings. The Balaban J connectivity index is 1.54. The van der Waals surface area contributed by atoms with Gasteiger partial charge in [-0.3, -0.25) is 19.3 Å². The molecule has 4 heterocycles. The fourth-order valence-electron chi connectivity index (χ4n) is 3.65. The van der Waals surface area contributed by atoms with Crippen LogP contribution in [0.1, 0.15) is 37.0 Å². The van der Waals surface area contributed by atoms with Crippen molar-refractivity contribution in [2.24, 2.45) is 10.6 Å². The number of nitrogen functional groups attached to an aromatic ring is 1. The second-order valence-corrected chi connectivity index (χ2v) is 12.5. The number of ether oxygens (including phenoxy) is 2. The minimum Gasteiger partial charge on any atom is -0.427 e. The molecular formula is C24H26N6O7S3. The van der Waals surface area contributed by atoms with Gasteiger partial charge in [-0.15, -0.1) is 34.4 Å². The molecule has 40 heavy (non-hydrogen) atoms. The third-order valence-electron chi connectivity index (χ3n) is 5.77. The van der Waals surface area contributed by atoms with Crippen LogP contribution in [0.25, 0.3) is 6.08 Å². The summed E-state index contributed by atoms with van der Waals surface area (Å²) < 4.78 is 10.3. The lowest BCUT2D eigenvalue weighted by Gasteiger charge is -2.49. The summed E-state index contributed by atoms with van der Waals surface area (Å²) in [6, 6.07) is -1.01. The van der Waals surface area contributed by atoms with Crippen LogP contribution in [0.3, 0.4) is 0 Å². The number of oxime groups is 1. The van der Waals surface area contributed by atoms with Crippen LogP contribution in [0.5, 0.6) is 0 Å². The predicted octanol–water partition coefficient (Wildman–Crippen LogP) is 2.13. The number of aromatic nitrogens is 2. The van der Waals surface area contributed by atoms with E-state index >= 15 is 0 Å². The Bertz CT molecular complexity index is 1440. The van der Waals surface area contributed by atoms with Crippen molar-refractivity contribution in [2.45, 2.75) is 39.1 Å². The summed E-state index contributed by atoms with van der Waals surface area (Å²) in [6.45, 7) is 6.21. The summed E-state index contributed by atoms with van der Waals surface area (Å²) >= 11 is 3.81. The summed E-state index contributed by atoms with van der Waals surface area (Å²) in [5, 5.41) is 15.9. The third-order valence-corrected chi connectivity index (χ3v) is 8.64. The van der Waals surface area contributed by atoms with E-state index in [0.717, 1.165) is 21.9 Å². The molecule has 1 unspecified atom stereocenters. The minimum absolute atomic E-state index is 0.0206. The molecule has 16 heteroatoms. The lowest BCUT2D eigenvalue weighted by atomic mass is 9.98. The van der Waals surface area contributed by atoms with Crippen LogP contribution in [-0.4, -0.2) is 73.5 Å². The molecule has 2 aromatic heterocycles. The van der Waals surface area contributed by atoms with Crippen molar-refractivity contribution in [1.82, 2.24) is 20.2 Å². The summed E-state index contributed by atoms with van der Waals surface area (Å²) in [5.41, 5.74) is 7.46. The average Bonchev–Trinajstić information content (AvgIpc) is 3.52.